The lowest BCUT2D eigenvalue weighted by atomic mass is 9.86. The second kappa shape index (κ2) is 5.36. The molecule has 2 fully saturated rings. The third kappa shape index (κ3) is 2.46. The average Bonchev–Trinajstić information content (AvgIpc) is 2.56. The van der Waals surface area contributed by atoms with Gasteiger partial charge < -0.3 is 0 Å². The second-order valence-electron chi connectivity index (χ2n) is 5.22. The maximum absolute atomic E-state index is 2.80. The van der Waals surface area contributed by atoms with Crippen molar-refractivity contribution < 1.29 is 0 Å². The number of nitrogens with zero attached hydrogens (tertiary/aromatic N) is 1. The van der Waals surface area contributed by atoms with Gasteiger partial charge in [-0.25, -0.2) is 0 Å². The lowest BCUT2D eigenvalue weighted by molar-refractivity contribution is 0.270. The molecule has 1 aliphatic carbocycles. The Morgan fingerprint density at radius 3 is 2.00 bits per heavy atom. The summed E-state index contributed by atoms with van der Waals surface area (Å²) in [6.45, 7) is 2.75. The van der Waals surface area contributed by atoms with Crippen molar-refractivity contribution >= 4 is 23.5 Å². The molecule has 3 heteroatoms. The lowest BCUT2D eigenvalue weighted by Gasteiger charge is -2.26. The molecule has 1 nitrogen and oxygen atoms in total. The van der Waals surface area contributed by atoms with Crippen LogP contribution in [0.2, 0.25) is 0 Å². The fourth-order valence-corrected chi connectivity index (χ4v) is 5.79. The SMILES string of the molecule is C1=CC[C@H]2CN(C3CSCCSC3)C[C@H]2C1. The van der Waals surface area contributed by atoms with E-state index in [2.05, 4.69) is 40.6 Å². The van der Waals surface area contributed by atoms with Crippen LogP contribution in [0.1, 0.15) is 12.8 Å². The molecule has 0 bridgehead atoms. The molecular formula is C13H21NS2. The number of fused-ring (bicyclic) bond motifs is 1. The molecule has 0 aromatic carbocycles. The van der Waals surface area contributed by atoms with Crippen LogP contribution < -0.4 is 0 Å². The summed E-state index contributed by atoms with van der Waals surface area (Å²) >= 11 is 4.33. The smallest absolute Gasteiger partial charge is 0.0277 e. The molecule has 3 aliphatic rings. The largest absolute Gasteiger partial charge is 0.298 e. The predicted molar refractivity (Wildman–Crippen MR) is 75.4 cm³/mol. The molecule has 0 aromatic heterocycles. The molecular weight excluding hydrogens is 234 g/mol. The van der Waals surface area contributed by atoms with Crippen molar-refractivity contribution in [3.63, 3.8) is 0 Å². The minimum Gasteiger partial charge on any atom is -0.298 e. The first-order valence-corrected chi connectivity index (χ1v) is 8.79. The van der Waals surface area contributed by atoms with Crippen molar-refractivity contribution in [3.05, 3.63) is 12.2 Å². The summed E-state index contributed by atoms with van der Waals surface area (Å²) in [4.78, 5) is 2.80. The van der Waals surface area contributed by atoms with Gasteiger partial charge in [0.25, 0.3) is 0 Å². The van der Waals surface area contributed by atoms with E-state index in [0.29, 0.717) is 0 Å². The molecule has 0 N–H and O–H groups in total. The fourth-order valence-electron chi connectivity index (χ4n) is 3.16. The average molecular weight is 255 g/mol. The van der Waals surface area contributed by atoms with Gasteiger partial charge in [0.15, 0.2) is 0 Å². The van der Waals surface area contributed by atoms with Gasteiger partial charge >= 0.3 is 0 Å². The lowest BCUT2D eigenvalue weighted by Crippen LogP contribution is -2.37. The minimum absolute atomic E-state index is 0.864. The first-order chi connectivity index (χ1) is 7.93. The Kier molecular flexibility index (Phi) is 3.85. The van der Waals surface area contributed by atoms with Crippen LogP contribution in [0.4, 0.5) is 0 Å². The van der Waals surface area contributed by atoms with Gasteiger partial charge in [-0.2, -0.15) is 23.5 Å². The van der Waals surface area contributed by atoms with E-state index < -0.39 is 0 Å². The van der Waals surface area contributed by atoms with Crippen molar-refractivity contribution in [3.8, 4) is 0 Å². The molecule has 0 unspecified atom stereocenters. The van der Waals surface area contributed by atoms with Crippen LogP contribution in [0.15, 0.2) is 12.2 Å². The quantitative estimate of drug-likeness (QED) is 0.663. The van der Waals surface area contributed by atoms with Gasteiger partial charge in [-0.15, -0.1) is 0 Å². The second-order valence-corrected chi connectivity index (χ2v) is 7.52. The van der Waals surface area contributed by atoms with Crippen molar-refractivity contribution in [2.75, 3.05) is 36.1 Å². The molecule has 0 spiro atoms. The first kappa shape index (κ1) is 11.5. The monoisotopic (exact) mass is 255 g/mol. The Balaban J connectivity index is 1.60. The summed E-state index contributed by atoms with van der Waals surface area (Å²) in [6.07, 6.45) is 7.49. The molecule has 2 aliphatic heterocycles. The highest BCUT2D eigenvalue weighted by Crippen LogP contribution is 2.35. The van der Waals surface area contributed by atoms with Gasteiger partial charge in [-0.3, -0.25) is 4.90 Å². The highest BCUT2D eigenvalue weighted by Gasteiger charge is 2.36. The molecule has 16 heavy (non-hydrogen) atoms. The van der Waals surface area contributed by atoms with Crippen LogP contribution in [0.5, 0.6) is 0 Å². The van der Waals surface area contributed by atoms with E-state index in [1.54, 1.807) is 0 Å². The molecule has 2 saturated heterocycles. The molecule has 90 valence electrons. The molecule has 2 atom stereocenters. The number of likely N-dealkylation sites (tertiary alicyclic amines) is 1. The van der Waals surface area contributed by atoms with Crippen molar-refractivity contribution in [1.82, 2.24) is 4.90 Å². The Labute approximate surface area is 107 Å². The summed E-state index contributed by atoms with van der Waals surface area (Å²) in [7, 11) is 0. The minimum atomic E-state index is 0.864. The van der Waals surface area contributed by atoms with E-state index in [1.807, 2.05) is 0 Å². The van der Waals surface area contributed by atoms with Crippen molar-refractivity contribution in [2.45, 2.75) is 18.9 Å². The standard InChI is InChI=1S/C13H21NS2/c1-2-4-12-8-14(7-11(12)3-1)13-9-15-5-6-16-10-13/h1-2,11-13H,3-10H2/t11-,12+. The predicted octanol–water partition coefficient (Wildman–Crippen LogP) is 2.73. The zero-order valence-corrected chi connectivity index (χ0v) is 11.4. The van der Waals surface area contributed by atoms with Crippen molar-refractivity contribution in [1.29, 1.82) is 0 Å². The molecule has 0 saturated carbocycles. The summed E-state index contributed by atoms with van der Waals surface area (Å²) < 4.78 is 0. The Morgan fingerprint density at radius 1 is 0.875 bits per heavy atom. The zero-order chi connectivity index (χ0) is 10.8. The van der Waals surface area contributed by atoms with Crippen LogP contribution in [0.25, 0.3) is 0 Å². The van der Waals surface area contributed by atoms with Crippen LogP contribution in [0, 0.1) is 11.8 Å². The molecule has 0 aromatic rings. The highest BCUT2D eigenvalue weighted by atomic mass is 32.2. The van der Waals surface area contributed by atoms with E-state index in [4.69, 9.17) is 0 Å². The first-order valence-electron chi connectivity index (χ1n) is 6.48. The highest BCUT2D eigenvalue weighted by molar-refractivity contribution is 8.03. The van der Waals surface area contributed by atoms with Gasteiger partial charge in [0.1, 0.15) is 0 Å². The van der Waals surface area contributed by atoms with Gasteiger partial charge in [0.2, 0.25) is 0 Å². The third-order valence-corrected chi connectivity index (χ3v) is 6.64. The molecule has 0 radical (unpaired) electrons. The van der Waals surface area contributed by atoms with Crippen LogP contribution in [-0.2, 0) is 0 Å². The topological polar surface area (TPSA) is 3.24 Å². The number of allylic oxidation sites excluding steroid dienone is 2. The van der Waals surface area contributed by atoms with Crippen molar-refractivity contribution in [2.24, 2.45) is 11.8 Å². The molecule has 2 heterocycles. The number of thioether (sulfide) groups is 2. The summed E-state index contributed by atoms with van der Waals surface area (Å²) in [5.41, 5.74) is 0. The van der Waals surface area contributed by atoms with E-state index >= 15 is 0 Å². The van der Waals surface area contributed by atoms with Gasteiger partial charge in [-0.05, 0) is 24.7 Å². The number of rotatable bonds is 1. The maximum Gasteiger partial charge on any atom is 0.0277 e. The summed E-state index contributed by atoms with van der Waals surface area (Å²) in [6, 6.07) is 0.864. The van der Waals surface area contributed by atoms with Crippen LogP contribution >= 0.6 is 23.5 Å². The van der Waals surface area contributed by atoms with Crippen LogP contribution in [0.3, 0.4) is 0 Å². The van der Waals surface area contributed by atoms with E-state index in [-0.39, 0.29) is 0 Å². The van der Waals surface area contributed by atoms with Gasteiger partial charge in [-0.1, -0.05) is 12.2 Å². The Hall–Kier alpha value is 0.400. The Morgan fingerprint density at radius 2 is 1.44 bits per heavy atom. The maximum atomic E-state index is 2.80. The zero-order valence-electron chi connectivity index (χ0n) is 9.81. The fraction of sp³-hybridized carbons (Fsp3) is 0.846. The Bertz CT molecular complexity index is 243. The normalized spacial score (nSPS) is 37.2. The molecule has 3 rings (SSSR count). The van der Waals surface area contributed by atoms with E-state index in [0.717, 1.165) is 17.9 Å². The van der Waals surface area contributed by atoms with Gasteiger partial charge in [0.05, 0.1) is 0 Å². The molecule has 0 amide bonds. The number of hydrogen-bond donors (Lipinski definition) is 0. The summed E-state index contributed by atoms with van der Waals surface area (Å²) in [5.74, 6) is 7.43. The summed E-state index contributed by atoms with van der Waals surface area (Å²) in [5, 5.41) is 0. The van der Waals surface area contributed by atoms with Gasteiger partial charge in [0, 0.05) is 42.1 Å². The van der Waals surface area contributed by atoms with E-state index in [1.165, 1.54) is 48.9 Å². The van der Waals surface area contributed by atoms with Crippen LogP contribution in [-0.4, -0.2) is 47.0 Å². The third-order valence-electron chi connectivity index (χ3n) is 4.16. The van der Waals surface area contributed by atoms with E-state index in [9.17, 15) is 0 Å². The number of hydrogen-bond acceptors (Lipinski definition) is 3.